The van der Waals surface area contributed by atoms with Gasteiger partial charge in [0.1, 0.15) is 0 Å². The maximum Gasteiger partial charge on any atom is 0.0991 e. The Morgan fingerprint density at radius 2 is 1.05 bits per heavy atom. The minimum atomic E-state index is 0.0826. The Kier molecular flexibility index (Phi) is 4.77. The molecule has 5 aromatic carbocycles. The highest BCUT2D eigenvalue weighted by molar-refractivity contribution is 6.11. The highest BCUT2D eigenvalue weighted by atomic mass is 15.0. The van der Waals surface area contributed by atoms with Crippen molar-refractivity contribution in [2.24, 2.45) is 0 Å². The lowest BCUT2D eigenvalue weighted by molar-refractivity contribution is 0.591. The number of benzene rings is 5. The fourth-order valence-corrected chi connectivity index (χ4v) is 5.81. The minimum absolute atomic E-state index is 0.0826. The van der Waals surface area contributed by atoms with Crippen molar-refractivity contribution in [2.75, 3.05) is 0 Å². The van der Waals surface area contributed by atoms with Crippen molar-refractivity contribution in [1.29, 1.82) is 5.26 Å². The number of para-hydroxylation sites is 2. The van der Waals surface area contributed by atoms with Crippen LogP contribution in [0.2, 0.25) is 0 Å². The second kappa shape index (κ2) is 8.10. The van der Waals surface area contributed by atoms with Crippen LogP contribution in [0.5, 0.6) is 0 Å². The molecule has 0 spiro atoms. The topological polar surface area (TPSA) is 33.6 Å². The lowest BCUT2D eigenvalue weighted by Crippen LogP contribution is -2.10. The van der Waals surface area contributed by atoms with Crippen LogP contribution in [0.25, 0.3) is 55.0 Å². The first-order valence-corrected chi connectivity index (χ1v) is 13.0. The number of nitrogens with zero attached hydrogens (tertiary/aromatic N) is 3. The van der Waals surface area contributed by atoms with E-state index in [1.54, 1.807) is 0 Å². The highest BCUT2D eigenvalue weighted by Crippen LogP contribution is 2.37. The summed E-state index contributed by atoms with van der Waals surface area (Å²) in [5.74, 6) is 0. The van der Waals surface area contributed by atoms with E-state index in [2.05, 4.69) is 133 Å². The fraction of sp³-hybridized carbons (Fsp3) is 0.114. The van der Waals surface area contributed by atoms with Crippen LogP contribution in [0.3, 0.4) is 0 Å². The van der Waals surface area contributed by atoms with Crippen LogP contribution in [0.4, 0.5) is 0 Å². The predicted octanol–water partition coefficient (Wildman–Crippen LogP) is 9.05. The van der Waals surface area contributed by atoms with Gasteiger partial charge in [0, 0.05) is 32.9 Å². The summed E-state index contributed by atoms with van der Waals surface area (Å²) in [4.78, 5) is 0. The van der Waals surface area contributed by atoms with E-state index < -0.39 is 0 Å². The van der Waals surface area contributed by atoms with Crippen LogP contribution in [0.15, 0.2) is 109 Å². The lowest BCUT2D eigenvalue weighted by atomic mass is 9.86. The van der Waals surface area contributed by atoms with Crippen molar-refractivity contribution in [2.45, 2.75) is 26.2 Å². The number of hydrogen-bond donors (Lipinski definition) is 0. The third kappa shape index (κ3) is 3.27. The first kappa shape index (κ1) is 22.4. The summed E-state index contributed by atoms with van der Waals surface area (Å²) in [5, 5.41) is 14.3. The molecule has 0 N–H and O–H groups in total. The molecule has 0 radical (unpaired) electrons. The number of nitriles is 1. The lowest BCUT2D eigenvalue weighted by Gasteiger charge is -2.19. The summed E-state index contributed by atoms with van der Waals surface area (Å²) < 4.78 is 4.68. The van der Waals surface area contributed by atoms with E-state index >= 15 is 0 Å². The van der Waals surface area contributed by atoms with E-state index in [4.69, 9.17) is 0 Å². The maximum absolute atomic E-state index is 9.51. The molecule has 182 valence electrons. The van der Waals surface area contributed by atoms with Crippen LogP contribution >= 0.6 is 0 Å². The van der Waals surface area contributed by atoms with E-state index in [1.807, 2.05) is 12.1 Å². The smallest absolute Gasteiger partial charge is 0.0991 e. The van der Waals surface area contributed by atoms with Gasteiger partial charge in [0.05, 0.1) is 33.7 Å². The summed E-state index contributed by atoms with van der Waals surface area (Å²) in [5.41, 5.74) is 8.94. The summed E-state index contributed by atoms with van der Waals surface area (Å²) in [7, 11) is 0. The zero-order valence-electron chi connectivity index (χ0n) is 21.7. The molecule has 0 atom stereocenters. The molecule has 0 aliphatic rings. The van der Waals surface area contributed by atoms with Crippen molar-refractivity contribution >= 4 is 43.6 Å². The van der Waals surface area contributed by atoms with Crippen molar-refractivity contribution < 1.29 is 0 Å². The summed E-state index contributed by atoms with van der Waals surface area (Å²) >= 11 is 0. The Hall–Kier alpha value is -4.81. The molecular weight excluding hydrogens is 462 g/mol. The Morgan fingerprint density at radius 3 is 1.63 bits per heavy atom. The second-order valence-corrected chi connectivity index (χ2v) is 11.1. The van der Waals surface area contributed by atoms with E-state index in [0.29, 0.717) is 5.56 Å². The molecule has 0 saturated carbocycles. The Labute approximate surface area is 221 Å². The van der Waals surface area contributed by atoms with Crippen LogP contribution in [-0.2, 0) is 5.41 Å². The molecule has 2 heterocycles. The van der Waals surface area contributed by atoms with Gasteiger partial charge in [-0.2, -0.15) is 5.26 Å². The zero-order chi connectivity index (χ0) is 26.0. The Morgan fingerprint density at radius 1 is 0.526 bits per heavy atom. The Balaban J connectivity index is 1.51. The molecule has 0 aliphatic heterocycles. The molecule has 3 heteroatoms. The van der Waals surface area contributed by atoms with Crippen molar-refractivity contribution in [1.82, 2.24) is 9.13 Å². The molecule has 0 bridgehead atoms. The average Bonchev–Trinajstić information content (AvgIpc) is 3.45. The summed E-state index contributed by atoms with van der Waals surface area (Å²) in [6, 6.07) is 41.0. The first-order valence-electron chi connectivity index (χ1n) is 13.0. The first-order chi connectivity index (χ1) is 18.4. The quantitative estimate of drug-likeness (QED) is 0.238. The molecule has 38 heavy (non-hydrogen) atoms. The van der Waals surface area contributed by atoms with Crippen molar-refractivity contribution in [3.63, 3.8) is 0 Å². The maximum atomic E-state index is 9.51. The van der Waals surface area contributed by atoms with Gasteiger partial charge in [-0.25, -0.2) is 0 Å². The number of hydrogen-bond acceptors (Lipinski definition) is 1. The zero-order valence-corrected chi connectivity index (χ0v) is 21.7. The van der Waals surface area contributed by atoms with Gasteiger partial charge in [-0.1, -0.05) is 69.3 Å². The van der Waals surface area contributed by atoms with Crippen LogP contribution < -0.4 is 0 Å². The predicted molar refractivity (Wildman–Crippen MR) is 159 cm³/mol. The highest BCUT2D eigenvalue weighted by Gasteiger charge is 2.19. The van der Waals surface area contributed by atoms with Crippen LogP contribution in [0, 0.1) is 11.3 Å². The van der Waals surface area contributed by atoms with Gasteiger partial charge in [-0.05, 0) is 71.6 Å². The van der Waals surface area contributed by atoms with E-state index in [0.717, 1.165) is 33.2 Å². The van der Waals surface area contributed by atoms with Crippen LogP contribution in [-0.4, -0.2) is 9.13 Å². The molecule has 0 fully saturated rings. The normalized spacial score (nSPS) is 12.1. The Bertz CT molecular complexity index is 2070. The molecular formula is C35H27N3. The standard InChI is InChI=1S/C35H27N3/c1-35(2,3)24-16-18-34-30(20-24)28-12-5-7-14-32(28)38(34)26-10-8-9-25(21-26)37-31-13-6-4-11-27(31)29-19-23(22-36)15-17-33(29)37/h4-21H,1-3H3. The molecule has 0 saturated heterocycles. The van der Waals surface area contributed by atoms with Gasteiger partial charge < -0.3 is 9.13 Å². The van der Waals surface area contributed by atoms with E-state index in [1.165, 1.54) is 27.4 Å². The van der Waals surface area contributed by atoms with Gasteiger partial charge in [0.15, 0.2) is 0 Å². The van der Waals surface area contributed by atoms with Gasteiger partial charge in [0.2, 0.25) is 0 Å². The molecule has 7 aromatic rings. The average molecular weight is 490 g/mol. The van der Waals surface area contributed by atoms with Crippen LogP contribution in [0.1, 0.15) is 31.9 Å². The largest absolute Gasteiger partial charge is 0.309 e. The summed E-state index contributed by atoms with van der Waals surface area (Å²) in [6.07, 6.45) is 0. The molecule has 2 aromatic heterocycles. The second-order valence-electron chi connectivity index (χ2n) is 11.1. The minimum Gasteiger partial charge on any atom is -0.309 e. The molecule has 7 rings (SSSR count). The SMILES string of the molecule is CC(C)(C)c1ccc2c(c1)c1ccccc1n2-c1cccc(-n2c3ccccc3c3cc(C#N)ccc32)c1. The number of aromatic nitrogens is 2. The van der Waals surface area contributed by atoms with Gasteiger partial charge in [-0.3, -0.25) is 0 Å². The molecule has 3 nitrogen and oxygen atoms in total. The fourth-order valence-electron chi connectivity index (χ4n) is 5.81. The number of fused-ring (bicyclic) bond motifs is 6. The van der Waals surface area contributed by atoms with E-state index in [9.17, 15) is 5.26 Å². The van der Waals surface area contributed by atoms with Gasteiger partial charge >= 0.3 is 0 Å². The number of rotatable bonds is 2. The van der Waals surface area contributed by atoms with Gasteiger partial charge in [0.25, 0.3) is 0 Å². The third-order valence-electron chi connectivity index (χ3n) is 7.69. The van der Waals surface area contributed by atoms with Crippen molar-refractivity contribution in [3.8, 4) is 17.4 Å². The van der Waals surface area contributed by atoms with E-state index in [-0.39, 0.29) is 5.41 Å². The molecule has 0 aliphatic carbocycles. The van der Waals surface area contributed by atoms with Gasteiger partial charge in [-0.15, -0.1) is 0 Å². The van der Waals surface area contributed by atoms with Crippen molar-refractivity contribution in [3.05, 3.63) is 120 Å². The third-order valence-corrected chi connectivity index (χ3v) is 7.69. The molecule has 0 amide bonds. The summed E-state index contributed by atoms with van der Waals surface area (Å²) in [6.45, 7) is 6.80. The molecule has 0 unspecified atom stereocenters. The monoisotopic (exact) mass is 489 g/mol.